The molecule has 0 bridgehead atoms. The zero-order valence-corrected chi connectivity index (χ0v) is 12.9. The lowest BCUT2D eigenvalue weighted by Crippen LogP contribution is -2.35. The van der Waals surface area contributed by atoms with Gasteiger partial charge in [0.25, 0.3) is 0 Å². The summed E-state index contributed by atoms with van der Waals surface area (Å²) in [6.45, 7) is 4.01. The first-order chi connectivity index (χ1) is 10.3. The number of furan rings is 1. The fourth-order valence-corrected chi connectivity index (χ4v) is 2.13. The van der Waals surface area contributed by atoms with E-state index in [9.17, 15) is 0 Å². The van der Waals surface area contributed by atoms with Crippen molar-refractivity contribution in [3.63, 3.8) is 0 Å². The number of nitrogens with one attached hydrogen (secondary N) is 2. The number of hydrogen-bond acceptors (Lipinski definition) is 3. The van der Waals surface area contributed by atoms with Crippen molar-refractivity contribution in [2.45, 2.75) is 19.9 Å². The van der Waals surface area contributed by atoms with Crippen molar-refractivity contribution in [1.82, 2.24) is 10.6 Å². The Balaban J connectivity index is 1.72. The molecular weight excluding hydrogens is 284 g/mol. The number of benzene rings is 1. The van der Waals surface area contributed by atoms with Crippen LogP contribution in [0.4, 0.5) is 0 Å². The Morgan fingerprint density at radius 3 is 2.81 bits per heavy atom. The fraction of sp³-hybridized carbons (Fsp3) is 0.312. The molecule has 2 N–H and O–H groups in total. The highest BCUT2D eigenvalue weighted by molar-refractivity contribution is 7.80. The van der Waals surface area contributed by atoms with Crippen LogP contribution in [-0.4, -0.2) is 18.3 Å². The van der Waals surface area contributed by atoms with E-state index in [-0.39, 0.29) is 0 Å². The second-order valence-corrected chi connectivity index (χ2v) is 4.89. The number of ether oxygens (including phenoxy) is 1. The van der Waals surface area contributed by atoms with Crippen LogP contribution in [0, 0.1) is 0 Å². The SMILES string of the molecule is CCOc1ccccc1CCNC(=S)NCc1ccco1. The summed E-state index contributed by atoms with van der Waals surface area (Å²) in [6.07, 6.45) is 2.51. The van der Waals surface area contributed by atoms with Gasteiger partial charge in [0.2, 0.25) is 0 Å². The van der Waals surface area contributed by atoms with E-state index < -0.39 is 0 Å². The number of thiocarbonyl (C=S) groups is 1. The van der Waals surface area contributed by atoms with E-state index in [1.54, 1.807) is 6.26 Å². The molecule has 0 aliphatic heterocycles. The fourth-order valence-electron chi connectivity index (χ4n) is 1.96. The third-order valence-corrected chi connectivity index (χ3v) is 3.24. The lowest BCUT2D eigenvalue weighted by atomic mass is 10.1. The molecule has 0 unspecified atom stereocenters. The average molecular weight is 304 g/mol. The molecule has 0 amide bonds. The molecule has 0 radical (unpaired) electrons. The summed E-state index contributed by atoms with van der Waals surface area (Å²) in [6, 6.07) is 11.8. The van der Waals surface area contributed by atoms with Gasteiger partial charge in [0, 0.05) is 6.54 Å². The predicted octanol–water partition coefficient (Wildman–Crippen LogP) is 2.89. The molecule has 0 spiro atoms. The van der Waals surface area contributed by atoms with Gasteiger partial charge in [0.05, 0.1) is 19.4 Å². The van der Waals surface area contributed by atoms with E-state index in [2.05, 4.69) is 16.7 Å². The molecule has 1 aromatic heterocycles. The van der Waals surface area contributed by atoms with Crippen LogP contribution >= 0.6 is 12.2 Å². The van der Waals surface area contributed by atoms with Crippen LogP contribution in [0.1, 0.15) is 18.2 Å². The third kappa shape index (κ3) is 5.11. The van der Waals surface area contributed by atoms with E-state index >= 15 is 0 Å². The van der Waals surface area contributed by atoms with Crippen LogP contribution in [0.3, 0.4) is 0 Å². The maximum atomic E-state index is 5.60. The average Bonchev–Trinajstić information content (AvgIpc) is 3.00. The van der Waals surface area contributed by atoms with E-state index in [1.165, 1.54) is 5.56 Å². The second-order valence-electron chi connectivity index (χ2n) is 4.48. The maximum Gasteiger partial charge on any atom is 0.166 e. The van der Waals surface area contributed by atoms with E-state index in [0.717, 1.165) is 24.5 Å². The second kappa shape index (κ2) is 8.32. The van der Waals surface area contributed by atoms with Crippen LogP contribution in [0.25, 0.3) is 0 Å². The van der Waals surface area contributed by atoms with Crippen molar-refractivity contribution < 1.29 is 9.15 Å². The number of hydrogen-bond donors (Lipinski definition) is 2. The first-order valence-electron chi connectivity index (χ1n) is 7.04. The minimum atomic E-state index is 0.592. The molecule has 0 aliphatic rings. The quantitative estimate of drug-likeness (QED) is 0.770. The van der Waals surface area contributed by atoms with E-state index in [1.807, 2.05) is 37.3 Å². The van der Waals surface area contributed by atoms with E-state index in [4.69, 9.17) is 21.4 Å². The van der Waals surface area contributed by atoms with Crippen molar-refractivity contribution in [1.29, 1.82) is 0 Å². The predicted molar refractivity (Wildman–Crippen MR) is 87.5 cm³/mol. The number of para-hydroxylation sites is 1. The van der Waals surface area contributed by atoms with Crippen LogP contribution in [0.2, 0.25) is 0 Å². The molecule has 4 nitrogen and oxygen atoms in total. The van der Waals surface area contributed by atoms with Gasteiger partial charge in [-0.2, -0.15) is 0 Å². The maximum absolute atomic E-state index is 5.60. The van der Waals surface area contributed by atoms with Gasteiger partial charge in [-0.15, -0.1) is 0 Å². The van der Waals surface area contributed by atoms with Gasteiger partial charge < -0.3 is 19.8 Å². The van der Waals surface area contributed by atoms with Gasteiger partial charge in [-0.05, 0) is 49.3 Å². The van der Waals surface area contributed by atoms with Crippen molar-refractivity contribution in [2.75, 3.05) is 13.2 Å². The molecule has 2 rings (SSSR count). The zero-order valence-electron chi connectivity index (χ0n) is 12.1. The summed E-state index contributed by atoms with van der Waals surface area (Å²) < 4.78 is 10.8. The zero-order chi connectivity index (χ0) is 14.9. The minimum Gasteiger partial charge on any atom is -0.494 e. The summed E-state index contributed by atoms with van der Waals surface area (Å²) >= 11 is 5.23. The molecular formula is C16H20N2O2S. The Hall–Kier alpha value is -2.01. The number of rotatable bonds is 7. The van der Waals surface area contributed by atoms with Crippen molar-refractivity contribution in [3.05, 3.63) is 54.0 Å². The standard InChI is InChI=1S/C16H20N2O2S/c1-2-19-15-8-4-3-6-13(15)9-10-17-16(21)18-12-14-7-5-11-20-14/h3-8,11H,2,9-10,12H2,1H3,(H2,17,18,21). The van der Waals surface area contributed by atoms with E-state index in [0.29, 0.717) is 18.3 Å². The molecule has 0 fully saturated rings. The largest absolute Gasteiger partial charge is 0.494 e. The molecule has 2 aromatic rings. The van der Waals surface area contributed by atoms with Gasteiger partial charge in [-0.25, -0.2) is 0 Å². The van der Waals surface area contributed by atoms with Crippen LogP contribution < -0.4 is 15.4 Å². The first kappa shape index (κ1) is 15.4. The van der Waals surface area contributed by atoms with Gasteiger partial charge in [0.15, 0.2) is 5.11 Å². The highest BCUT2D eigenvalue weighted by atomic mass is 32.1. The molecule has 0 saturated heterocycles. The lowest BCUT2D eigenvalue weighted by molar-refractivity contribution is 0.336. The molecule has 112 valence electrons. The molecule has 1 aromatic carbocycles. The van der Waals surface area contributed by atoms with Gasteiger partial charge in [-0.3, -0.25) is 0 Å². The Morgan fingerprint density at radius 2 is 2.05 bits per heavy atom. The summed E-state index contributed by atoms with van der Waals surface area (Å²) in [5.41, 5.74) is 1.18. The van der Waals surface area contributed by atoms with Gasteiger partial charge in [0.1, 0.15) is 11.5 Å². The Kier molecular flexibility index (Phi) is 6.09. The lowest BCUT2D eigenvalue weighted by Gasteiger charge is -2.12. The summed E-state index contributed by atoms with van der Waals surface area (Å²) in [4.78, 5) is 0. The molecule has 21 heavy (non-hydrogen) atoms. The Labute approximate surface area is 130 Å². The van der Waals surface area contributed by atoms with Crippen LogP contribution in [0.15, 0.2) is 47.1 Å². The topological polar surface area (TPSA) is 46.4 Å². The summed E-state index contributed by atoms with van der Waals surface area (Å²) in [5.74, 6) is 1.80. The molecule has 0 atom stereocenters. The Morgan fingerprint density at radius 1 is 1.19 bits per heavy atom. The van der Waals surface area contributed by atoms with Gasteiger partial charge >= 0.3 is 0 Å². The summed E-state index contributed by atoms with van der Waals surface area (Å²) in [5, 5.41) is 6.92. The first-order valence-corrected chi connectivity index (χ1v) is 7.45. The highest BCUT2D eigenvalue weighted by Gasteiger charge is 2.03. The smallest absolute Gasteiger partial charge is 0.166 e. The van der Waals surface area contributed by atoms with Crippen LogP contribution in [0.5, 0.6) is 5.75 Å². The van der Waals surface area contributed by atoms with Crippen LogP contribution in [-0.2, 0) is 13.0 Å². The highest BCUT2D eigenvalue weighted by Crippen LogP contribution is 2.17. The summed E-state index contributed by atoms with van der Waals surface area (Å²) in [7, 11) is 0. The van der Waals surface area contributed by atoms with Gasteiger partial charge in [-0.1, -0.05) is 18.2 Å². The minimum absolute atomic E-state index is 0.592. The molecule has 5 heteroatoms. The Bertz CT molecular complexity index is 555. The van der Waals surface area contributed by atoms with Crippen molar-refractivity contribution in [3.8, 4) is 5.75 Å². The molecule has 1 heterocycles. The van der Waals surface area contributed by atoms with Crippen molar-refractivity contribution >= 4 is 17.3 Å². The molecule has 0 saturated carbocycles. The van der Waals surface area contributed by atoms with Crippen molar-refractivity contribution in [2.24, 2.45) is 0 Å². The molecule has 0 aliphatic carbocycles. The third-order valence-electron chi connectivity index (χ3n) is 2.96. The monoisotopic (exact) mass is 304 g/mol. The normalized spacial score (nSPS) is 10.1.